The lowest BCUT2D eigenvalue weighted by atomic mass is 10.2. The number of hydrogen-bond acceptors (Lipinski definition) is 2. The third kappa shape index (κ3) is 2.95. The zero-order valence-electron chi connectivity index (χ0n) is 9.88. The van der Waals surface area contributed by atoms with E-state index in [1.165, 1.54) is 23.9 Å². The van der Waals surface area contributed by atoms with E-state index in [9.17, 15) is 13.2 Å². The molecule has 0 N–H and O–H groups in total. The van der Waals surface area contributed by atoms with Gasteiger partial charge in [0.15, 0.2) is 0 Å². The van der Waals surface area contributed by atoms with Crippen LogP contribution in [-0.2, 0) is 5.88 Å². The first-order valence-electron chi connectivity index (χ1n) is 5.46. The van der Waals surface area contributed by atoms with E-state index in [1.807, 2.05) is 0 Å². The summed E-state index contributed by atoms with van der Waals surface area (Å²) >= 11 is 11.7. The molecule has 2 aromatic heterocycles. The summed E-state index contributed by atoms with van der Waals surface area (Å²) in [5.41, 5.74) is 0.876. The average Bonchev–Trinajstić information content (AvgIpc) is 2.66. The van der Waals surface area contributed by atoms with E-state index in [-0.39, 0.29) is 10.9 Å². The Balaban J connectivity index is 2.57. The molecule has 0 saturated heterocycles. The predicted octanol–water partition coefficient (Wildman–Crippen LogP) is 4.34. The lowest BCUT2D eigenvalue weighted by Crippen LogP contribution is -2.18. The van der Waals surface area contributed by atoms with E-state index in [2.05, 4.69) is 9.97 Å². The smallest absolute Gasteiger partial charge is 0.322 e. The molecule has 0 aliphatic carbocycles. The molecule has 1 atom stereocenters. The summed E-state index contributed by atoms with van der Waals surface area (Å²) < 4.78 is 39.0. The second-order valence-corrected chi connectivity index (χ2v) is 4.86. The standard InChI is InChI=1S/C11H10Cl2F3N3/c1-6(2-11(14,15)16)19-9(3-12)18-8-5-17-4-7(13)10(8)19/h4-6H,2-3H2,1H3. The van der Waals surface area contributed by atoms with Crippen molar-refractivity contribution in [3.8, 4) is 0 Å². The molecule has 2 heterocycles. The molecule has 0 radical (unpaired) electrons. The fourth-order valence-electron chi connectivity index (χ4n) is 2.06. The second-order valence-electron chi connectivity index (χ2n) is 4.19. The number of pyridine rings is 1. The van der Waals surface area contributed by atoms with Crippen LogP contribution in [0.1, 0.15) is 25.2 Å². The van der Waals surface area contributed by atoms with Gasteiger partial charge in [0.05, 0.1) is 29.0 Å². The van der Waals surface area contributed by atoms with Crippen LogP contribution < -0.4 is 0 Å². The highest BCUT2D eigenvalue weighted by molar-refractivity contribution is 6.34. The molecule has 2 rings (SSSR count). The summed E-state index contributed by atoms with van der Waals surface area (Å²) in [6.45, 7) is 1.46. The van der Waals surface area contributed by atoms with E-state index in [0.29, 0.717) is 16.9 Å². The number of imidazole rings is 1. The Morgan fingerprint density at radius 2 is 2.05 bits per heavy atom. The van der Waals surface area contributed by atoms with Gasteiger partial charge in [0.25, 0.3) is 0 Å². The molecule has 0 aromatic carbocycles. The Bertz CT molecular complexity index is 595. The van der Waals surface area contributed by atoms with Crippen LogP contribution in [-0.4, -0.2) is 20.7 Å². The highest BCUT2D eigenvalue weighted by Gasteiger charge is 2.32. The Kier molecular flexibility index (Phi) is 3.92. The molecular weight excluding hydrogens is 302 g/mol. The van der Waals surface area contributed by atoms with Crippen LogP contribution in [0.4, 0.5) is 13.2 Å². The van der Waals surface area contributed by atoms with Crippen LogP contribution >= 0.6 is 23.2 Å². The molecule has 0 amide bonds. The van der Waals surface area contributed by atoms with Crippen LogP contribution in [0.2, 0.25) is 5.02 Å². The monoisotopic (exact) mass is 311 g/mol. The number of nitrogens with zero attached hydrogens (tertiary/aromatic N) is 3. The molecular formula is C11H10Cl2F3N3. The topological polar surface area (TPSA) is 30.7 Å². The molecule has 0 fully saturated rings. The molecule has 0 aliphatic heterocycles. The van der Waals surface area contributed by atoms with Gasteiger partial charge in [0.2, 0.25) is 0 Å². The minimum atomic E-state index is -4.26. The number of aromatic nitrogens is 3. The molecule has 104 valence electrons. The van der Waals surface area contributed by atoms with Crippen molar-refractivity contribution in [2.24, 2.45) is 0 Å². The van der Waals surface area contributed by atoms with Crippen molar-refractivity contribution in [3.63, 3.8) is 0 Å². The van der Waals surface area contributed by atoms with Crippen LogP contribution in [0.15, 0.2) is 12.4 Å². The Hall–Kier alpha value is -1.01. The van der Waals surface area contributed by atoms with Gasteiger partial charge < -0.3 is 4.57 Å². The van der Waals surface area contributed by atoms with Crippen LogP contribution in [0.3, 0.4) is 0 Å². The van der Waals surface area contributed by atoms with Gasteiger partial charge in [-0.05, 0) is 6.92 Å². The Morgan fingerprint density at radius 3 is 2.63 bits per heavy atom. The fourth-order valence-corrected chi connectivity index (χ4v) is 2.49. The first-order valence-corrected chi connectivity index (χ1v) is 6.37. The van der Waals surface area contributed by atoms with Gasteiger partial charge in [0.1, 0.15) is 11.3 Å². The second kappa shape index (κ2) is 5.17. The van der Waals surface area contributed by atoms with Gasteiger partial charge in [-0.2, -0.15) is 13.2 Å². The molecule has 0 aliphatic rings. The highest BCUT2D eigenvalue weighted by atomic mass is 35.5. The van der Waals surface area contributed by atoms with Crippen LogP contribution in [0, 0.1) is 0 Å². The number of fused-ring (bicyclic) bond motifs is 1. The van der Waals surface area contributed by atoms with E-state index in [1.54, 1.807) is 0 Å². The van der Waals surface area contributed by atoms with E-state index < -0.39 is 18.6 Å². The third-order valence-corrected chi connectivity index (χ3v) is 3.22. The van der Waals surface area contributed by atoms with Crippen molar-refractivity contribution in [2.75, 3.05) is 0 Å². The first-order chi connectivity index (χ1) is 8.83. The van der Waals surface area contributed by atoms with Crippen LogP contribution in [0.5, 0.6) is 0 Å². The molecule has 0 saturated carbocycles. The maximum absolute atomic E-state index is 12.5. The van der Waals surface area contributed by atoms with Crippen molar-refractivity contribution in [3.05, 3.63) is 23.2 Å². The van der Waals surface area contributed by atoms with Gasteiger partial charge in [0, 0.05) is 12.2 Å². The highest BCUT2D eigenvalue weighted by Crippen LogP contribution is 2.33. The largest absolute Gasteiger partial charge is 0.391 e. The lowest BCUT2D eigenvalue weighted by Gasteiger charge is -2.18. The lowest BCUT2D eigenvalue weighted by molar-refractivity contribution is -0.141. The number of hydrogen-bond donors (Lipinski definition) is 0. The predicted molar refractivity (Wildman–Crippen MR) is 67.5 cm³/mol. The van der Waals surface area contributed by atoms with Gasteiger partial charge in [-0.3, -0.25) is 4.98 Å². The summed E-state index contributed by atoms with van der Waals surface area (Å²) in [5, 5.41) is 0.260. The Morgan fingerprint density at radius 1 is 1.37 bits per heavy atom. The molecule has 19 heavy (non-hydrogen) atoms. The number of rotatable bonds is 3. The van der Waals surface area contributed by atoms with E-state index in [0.717, 1.165) is 0 Å². The van der Waals surface area contributed by atoms with Crippen LogP contribution in [0.25, 0.3) is 11.0 Å². The maximum atomic E-state index is 12.5. The van der Waals surface area contributed by atoms with Crippen molar-refractivity contribution >= 4 is 34.2 Å². The van der Waals surface area contributed by atoms with Gasteiger partial charge in [-0.1, -0.05) is 11.6 Å². The van der Waals surface area contributed by atoms with Gasteiger partial charge in [-0.25, -0.2) is 4.98 Å². The van der Waals surface area contributed by atoms with Gasteiger partial charge in [-0.15, -0.1) is 11.6 Å². The third-order valence-electron chi connectivity index (χ3n) is 2.71. The molecule has 0 bridgehead atoms. The van der Waals surface area contributed by atoms with E-state index >= 15 is 0 Å². The first kappa shape index (κ1) is 14.4. The van der Waals surface area contributed by atoms with Crippen molar-refractivity contribution < 1.29 is 13.2 Å². The molecule has 8 heteroatoms. The van der Waals surface area contributed by atoms with Crippen molar-refractivity contribution in [1.29, 1.82) is 0 Å². The molecule has 0 spiro atoms. The SMILES string of the molecule is CC(CC(F)(F)F)n1c(CCl)nc2cncc(Cl)c21. The summed E-state index contributed by atoms with van der Waals surface area (Å²) in [6, 6.07) is -0.835. The quantitative estimate of drug-likeness (QED) is 0.790. The van der Waals surface area contributed by atoms with Gasteiger partial charge >= 0.3 is 6.18 Å². The number of alkyl halides is 4. The zero-order valence-corrected chi connectivity index (χ0v) is 11.4. The Labute approximate surface area is 117 Å². The van der Waals surface area contributed by atoms with Crippen molar-refractivity contribution in [2.45, 2.75) is 31.4 Å². The average molecular weight is 312 g/mol. The summed E-state index contributed by atoms with van der Waals surface area (Å²) in [4.78, 5) is 8.02. The minimum absolute atomic E-state index is 0.00715. The molecule has 2 aromatic rings. The number of halogens is 5. The maximum Gasteiger partial charge on any atom is 0.391 e. The molecule has 3 nitrogen and oxygen atoms in total. The fraction of sp³-hybridized carbons (Fsp3) is 0.455. The summed E-state index contributed by atoms with van der Waals surface area (Å²) in [7, 11) is 0. The molecule has 1 unspecified atom stereocenters. The zero-order chi connectivity index (χ0) is 14.2. The normalized spacial score (nSPS) is 14.0. The minimum Gasteiger partial charge on any atom is -0.322 e. The van der Waals surface area contributed by atoms with Crippen molar-refractivity contribution in [1.82, 2.24) is 14.5 Å². The van der Waals surface area contributed by atoms with E-state index in [4.69, 9.17) is 23.2 Å². The summed E-state index contributed by atoms with van der Waals surface area (Å²) in [6.07, 6.45) is -2.41. The summed E-state index contributed by atoms with van der Waals surface area (Å²) in [5.74, 6) is 0.357.